The monoisotopic (exact) mass is 237 g/mol. The molecule has 0 radical (unpaired) electrons. The Morgan fingerprint density at radius 1 is 1.00 bits per heavy atom. The summed E-state index contributed by atoms with van der Waals surface area (Å²) in [4.78, 5) is 0. The molecule has 0 aliphatic rings. The minimum Gasteiger partial charge on any atom is -0.379 e. The summed E-state index contributed by atoms with van der Waals surface area (Å²) in [5.41, 5.74) is 8.09. The Bertz CT molecular complexity index is 302. The van der Waals surface area contributed by atoms with Crippen molar-refractivity contribution < 1.29 is 9.47 Å². The van der Waals surface area contributed by atoms with Crippen molar-refractivity contribution in [2.75, 3.05) is 26.4 Å². The van der Waals surface area contributed by atoms with Crippen molar-refractivity contribution >= 4 is 0 Å². The van der Waals surface area contributed by atoms with Gasteiger partial charge in [0.1, 0.15) is 0 Å². The van der Waals surface area contributed by atoms with Crippen LogP contribution in [-0.4, -0.2) is 26.4 Å². The summed E-state index contributed by atoms with van der Waals surface area (Å²) in [6.45, 7) is 5.56. The lowest BCUT2D eigenvalue weighted by Crippen LogP contribution is -2.08. The third kappa shape index (κ3) is 5.82. The molecule has 3 nitrogen and oxygen atoms in total. The van der Waals surface area contributed by atoms with E-state index in [1.54, 1.807) is 0 Å². The molecule has 0 saturated carbocycles. The van der Waals surface area contributed by atoms with E-state index in [-0.39, 0.29) is 0 Å². The highest BCUT2D eigenvalue weighted by Gasteiger charge is 2.00. The van der Waals surface area contributed by atoms with Crippen molar-refractivity contribution in [2.45, 2.75) is 26.4 Å². The Hall–Kier alpha value is -0.900. The second-order valence-electron chi connectivity index (χ2n) is 3.97. The fourth-order valence-electron chi connectivity index (χ4n) is 1.64. The van der Waals surface area contributed by atoms with E-state index in [0.29, 0.717) is 26.4 Å². The van der Waals surface area contributed by atoms with Crippen molar-refractivity contribution in [2.24, 2.45) is 5.73 Å². The Balaban J connectivity index is 2.25. The third-order valence-electron chi connectivity index (χ3n) is 2.51. The van der Waals surface area contributed by atoms with Gasteiger partial charge in [-0.15, -0.1) is 0 Å². The molecule has 0 saturated heterocycles. The highest BCUT2D eigenvalue weighted by atomic mass is 16.5. The van der Waals surface area contributed by atoms with Crippen LogP contribution in [0.4, 0.5) is 0 Å². The van der Waals surface area contributed by atoms with Gasteiger partial charge in [0.25, 0.3) is 0 Å². The van der Waals surface area contributed by atoms with Crippen LogP contribution in [0.3, 0.4) is 0 Å². The van der Waals surface area contributed by atoms with Crippen LogP contribution in [0.1, 0.15) is 24.5 Å². The molecular weight excluding hydrogens is 214 g/mol. The van der Waals surface area contributed by atoms with Gasteiger partial charge >= 0.3 is 0 Å². The van der Waals surface area contributed by atoms with E-state index in [4.69, 9.17) is 15.2 Å². The molecule has 17 heavy (non-hydrogen) atoms. The molecule has 0 bridgehead atoms. The molecule has 0 aliphatic heterocycles. The van der Waals surface area contributed by atoms with Crippen LogP contribution in [0.25, 0.3) is 0 Å². The lowest BCUT2D eigenvalue weighted by atomic mass is 10.1. The van der Waals surface area contributed by atoms with E-state index in [1.807, 2.05) is 12.1 Å². The fourth-order valence-corrected chi connectivity index (χ4v) is 1.64. The third-order valence-corrected chi connectivity index (χ3v) is 2.51. The van der Waals surface area contributed by atoms with Crippen molar-refractivity contribution in [3.05, 3.63) is 35.4 Å². The van der Waals surface area contributed by atoms with Gasteiger partial charge in [-0.25, -0.2) is 0 Å². The molecule has 2 N–H and O–H groups in total. The van der Waals surface area contributed by atoms with Crippen LogP contribution in [0.15, 0.2) is 24.3 Å². The van der Waals surface area contributed by atoms with Crippen molar-refractivity contribution in [1.82, 2.24) is 0 Å². The molecule has 1 aromatic rings. The summed E-state index contributed by atoms with van der Waals surface area (Å²) in [6, 6.07) is 8.28. The highest BCUT2D eigenvalue weighted by molar-refractivity contribution is 5.26. The van der Waals surface area contributed by atoms with Gasteiger partial charge < -0.3 is 15.2 Å². The van der Waals surface area contributed by atoms with E-state index < -0.39 is 0 Å². The zero-order chi connectivity index (χ0) is 12.3. The average Bonchev–Trinajstić information content (AvgIpc) is 2.36. The first-order valence-electron chi connectivity index (χ1n) is 6.30. The second kappa shape index (κ2) is 9.16. The molecule has 0 unspecified atom stereocenters. The van der Waals surface area contributed by atoms with Gasteiger partial charge in [0.15, 0.2) is 0 Å². The molecule has 0 atom stereocenters. The molecule has 0 aromatic heterocycles. The maximum absolute atomic E-state index is 5.59. The van der Waals surface area contributed by atoms with E-state index in [9.17, 15) is 0 Å². The number of nitrogens with two attached hydrogens (primary N) is 1. The highest BCUT2D eigenvalue weighted by Crippen LogP contribution is 2.10. The molecule has 0 aliphatic carbocycles. The normalized spacial score (nSPS) is 10.7. The zero-order valence-electron chi connectivity index (χ0n) is 10.7. The fraction of sp³-hybridized carbons (Fsp3) is 0.571. The summed E-state index contributed by atoms with van der Waals surface area (Å²) < 4.78 is 10.9. The smallest absolute Gasteiger partial charge is 0.0720 e. The molecule has 0 amide bonds. The van der Waals surface area contributed by atoms with Gasteiger partial charge in [0.05, 0.1) is 19.8 Å². The quantitative estimate of drug-likeness (QED) is 0.669. The van der Waals surface area contributed by atoms with Crippen molar-refractivity contribution in [3.63, 3.8) is 0 Å². The first-order valence-corrected chi connectivity index (χ1v) is 6.30. The Kier molecular flexibility index (Phi) is 7.63. The van der Waals surface area contributed by atoms with E-state index in [1.165, 1.54) is 11.1 Å². The van der Waals surface area contributed by atoms with Crippen LogP contribution in [-0.2, 0) is 22.5 Å². The number of ether oxygens (including phenoxy) is 2. The maximum atomic E-state index is 5.59. The van der Waals surface area contributed by atoms with Gasteiger partial charge in [-0.1, -0.05) is 31.2 Å². The Labute approximate surface area is 104 Å². The topological polar surface area (TPSA) is 44.5 Å². The number of rotatable bonds is 9. The standard InChI is InChI=1S/C14H23NO2/c1-2-9-16-10-11-17-12-14-6-4-3-5-13(14)7-8-15/h3-6H,2,7-12,15H2,1H3. The van der Waals surface area contributed by atoms with Crippen LogP contribution in [0.5, 0.6) is 0 Å². The molecule has 0 fully saturated rings. The lowest BCUT2D eigenvalue weighted by molar-refractivity contribution is 0.0406. The van der Waals surface area contributed by atoms with Gasteiger partial charge in [0, 0.05) is 6.61 Å². The van der Waals surface area contributed by atoms with Crippen molar-refractivity contribution in [3.8, 4) is 0 Å². The Morgan fingerprint density at radius 3 is 2.41 bits per heavy atom. The van der Waals surface area contributed by atoms with Crippen LogP contribution >= 0.6 is 0 Å². The van der Waals surface area contributed by atoms with Crippen LogP contribution in [0, 0.1) is 0 Å². The summed E-state index contributed by atoms with van der Waals surface area (Å²) >= 11 is 0. The van der Waals surface area contributed by atoms with Crippen LogP contribution in [0.2, 0.25) is 0 Å². The average molecular weight is 237 g/mol. The molecule has 1 rings (SSSR count). The van der Waals surface area contributed by atoms with E-state index in [2.05, 4.69) is 19.1 Å². The molecular formula is C14H23NO2. The molecule has 0 heterocycles. The van der Waals surface area contributed by atoms with E-state index in [0.717, 1.165) is 19.4 Å². The van der Waals surface area contributed by atoms with E-state index >= 15 is 0 Å². The van der Waals surface area contributed by atoms with Crippen molar-refractivity contribution in [1.29, 1.82) is 0 Å². The van der Waals surface area contributed by atoms with Gasteiger partial charge in [-0.3, -0.25) is 0 Å². The minimum atomic E-state index is 0.645. The zero-order valence-corrected chi connectivity index (χ0v) is 10.7. The number of benzene rings is 1. The first kappa shape index (κ1) is 14.2. The van der Waals surface area contributed by atoms with Gasteiger partial charge in [-0.2, -0.15) is 0 Å². The second-order valence-corrected chi connectivity index (χ2v) is 3.97. The summed E-state index contributed by atoms with van der Waals surface area (Å²) in [7, 11) is 0. The number of hydrogen-bond acceptors (Lipinski definition) is 3. The molecule has 3 heteroatoms. The Morgan fingerprint density at radius 2 is 1.71 bits per heavy atom. The summed E-state index contributed by atoms with van der Waals surface area (Å²) in [6.07, 6.45) is 1.96. The first-order chi connectivity index (χ1) is 8.38. The molecule has 96 valence electrons. The van der Waals surface area contributed by atoms with Crippen LogP contribution < -0.4 is 5.73 Å². The SMILES string of the molecule is CCCOCCOCc1ccccc1CCN. The molecule has 0 spiro atoms. The summed E-state index contributed by atoms with van der Waals surface area (Å²) in [5.74, 6) is 0. The maximum Gasteiger partial charge on any atom is 0.0720 e. The predicted molar refractivity (Wildman–Crippen MR) is 70.0 cm³/mol. The van der Waals surface area contributed by atoms with Gasteiger partial charge in [-0.05, 0) is 30.5 Å². The summed E-state index contributed by atoms with van der Waals surface area (Å²) in [5, 5.41) is 0. The largest absolute Gasteiger partial charge is 0.379 e. The minimum absolute atomic E-state index is 0.645. The predicted octanol–water partition coefficient (Wildman–Crippen LogP) is 2.13. The number of hydrogen-bond donors (Lipinski definition) is 1. The lowest BCUT2D eigenvalue weighted by Gasteiger charge is -2.09. The van der Waals surface area contributed by atoms with Gasteiger partial charge in [0.2, 0.25) is 0 Å². The molecule has 1 aromatic carbocycles.